The summed E-state index contributed by atoms with van der Waals surface area (Å²) in [7, 11) is 0. The van der Waals surface area contributed by atoms with Crippen molar-refractivity contribution in [3.05, 3.63) is 50.7 Å². The first-order valence-corrected chi connectivity index (χ1v) is 6.64. The number of hydrogen-bond donors (Lipinski definition) is 2. The highest BCUT2D eigenvalue weighted by atomic mass is 35.5. The molecule has 0 aliphatic carbocycles. The topological polar surface area (TPSA) is 38.0 Å². The van der Waals surface area contributed by atoms with E-state index in [0.717, 1.165) is 18.7 Å². The minimum absolute atomic E-state index is 0.689. The first-order chi connectivity index (χ1) is 8.13. The van der Waals surface area contributed by atoms with Crippen LogP contribution in [0.3, 0.4) is 0 Å². The molecule has 2 rings (SSSR count). The largest absolute Gasteiger partial charge is 0.399 e. The Morgan fingerprint density at radius 3 is 2.71 bits per heavy atom. The van der Waals surface area contributed by atoms with Gasteiger partial charge in [0.2, 0.25) is 0 Å². The lowest BCUT2D eigenvalue weighted by Gasteiger charge is -2.05. The van der Waals surface area contributed by atoms with E-state index in [0.29, 0.717) is 10.7 Å². The molecule has 2 aromatic rings. The van der Waals surface area contributed by atoms with Gasteiger partial charge in [-0.15, -0.1) is 11.3 Å². The lowest BCUT2D eigenvalue weighted by atomic mass is 10.2. The van der Waals surface area contributed by atoms with E-state index in [-0.39, 0.29) is 0 Å². The van der Waals surface area contributed by atoms with E-state index in [4.69, 9.17) is 17.3 Å². The van der Waals surface area contributed by atoms with Crippen LogP contribution in [0.4, 0.5) is 5.69 Å². The molecule has 0 spiro atoms. The van der Waals surface area contributed by atoms with Gasteiger partial charge in [0.25, 0.3) is 0 Å². The van der Waals surface area contributed by atoms with Crippen molar-refractivity contribution in [1.29, 1.82) is 0 Å². The van der Waals surface area contributed by atoms with E-state index in [9.17, 15) is 0 Å². The molecule has 0 fully saturated rings. The van der Waals surface area contributed by atoms with Crippen LogP contribution in [0.1, 0.15) is 15.3 Å². The van der Waals surface area contributed by atoms with Gasteiger partial charge in [0.05, 0.1) is 0 Å². The smallest absolute Gasteiger partial charge is 0.0429 e. The Morgan fingerprint density at radius 1 is 1.24 bits per heavy atom. The van der Waals surface area contributed by atoms with Gasteiger partial charge in [-0.1, -0.05) is 11.6 Å². The minimum Gasteiger partial charge on any atom is -0.399 e. The summed E-state index contributed by atoms with van der Waals surface area (Å²) >= 11 is 7.76. The Morgan fingerprint density at radius 2 is 2.06 bits per heavy atom. The second-order valence-corrected chi connectivity index (χ2v) is 5.82. The van der Waals surface area contributed by atoms with E-state index in [2.05, 4.69) is 24.4 Å². The quantitative estimate of drug-likeness (QED) is 0.830. The molecule has 1 heterocycles. The van der Waals surface area contributed by atoms with E-state index < -0.39 is 0 Å². The van der Waals surface area contributed by atoms with Crippen molar-refractivity contribution in [3.63, 3.8) is 0 Å². The predicted molar refractivity (Wildman–Crippen MR) is 75.5 cm³/mol. The zero-order chi connectivity index (χ0) is 12.3. The molecule has 1 aromatic carbocycles. The number of anilines is 1. The third-order valence-electron chi connectivity index (χ3n) is 2.40. The fourth-order valence-electron chi connectivity index (χ4n) is 1.69. The summed E-state index contributed by atoms with van der Waals surface area (Å²) in [6, 6.07) is 9.93. The average Bonchev–Trinajstić information content (AvgIpc) is 2.63. The summed E-state index contributed by atoms with van der Waals surface area (Å²) in [5, 5.41) is 4.07. The van der Waals surface area contributed by atoms with Gasteiger partial charge >= 0.3 is 0 Å². The van der Waals surface area contributed by atoms with Crippen molar-refractivity contribution < 1.29 is 0 Å². The molecular weight excluding hydrogens is 252 g/mol. The summed E-state index contributed by atoms with van der Waals surface area (Å²) < 4.78 is 0. The molecule has 3 N–H and O–H groups in total. The van der Waals surface area contributed by atoms with Gasteiger partial charge in [-0.05, 0) is 42.8 Å². The normalized spacial score (nSPS) is 10.7. The molecule has 0 aliphatic rings. The fourth-order valence-corrected chi connectivity index (χ4v) is 2.81. The average molecular weight is 267 g/mol. The number of nitrogens with two attached hydrogens (primary N) is 1. The van der Waals surface area contributed by atoms with Crippen molar-refractivity contribution in [1.82, 2.24) is 5.32 Å². The Labute approximate surface area is 110 Å². The van der Waals surface area contributed by atoms with Gasteiger partial charge < -0.3 is 11.1 Å². The molecule has 4 heteroatoms. The summed E-state index contributed by atoms with van der Waals surface area (Å²) in [6.07, 6.45) is 0. The second kappa shape index (κ2) is 5.54. The van der Waals surface area contributed by atoms with Gasteiger partial charge in [0, 0.05) is 33.6 Å². The third-order valence-corrected chi connectivity index (χ3v) is 3.62. The molecule has 0 aliphatic heterocycles. The van der Waals surface area contributed by atoms with Crippen LogP contribution < -0.4 is 11.1 Å². The number of nitrogens with one attached hydrogen (secondary N) is 1. The molecule has 2 nitrogen and oxygen atoms in total. The Kier molecular flexibility index (Phi) is 4.05. The maximum Gasteiger partial charge on any atom is 0.0429 e. The summed E-state index contributed by atoms with van der Waals surface area (Å²) in [5.74, 6) is 0. The van der Waals surface area contributed by atoms with Crippen molar-refractivity contribution in [2.24, 2.45) is 0 Å². The third kappa shape index (κ3) is 3.73. The van der Waals surface area contributed by atoms with Crippen LogP contribution >= 0.6 is 22.9 Å². The minimum atomic E-state index is 0.689. The fraction of sp³-hybridized carbons (Fsp3) is 0.231. The van der Waals surface area contributed by atoms with Gasteiger partial charge in [-0.2, -0.15) is 0 Å². The molecule has 0 atom stereocenters. The molecule has 0 saturated carbocycles. The second-order valence-electron chi connectivity index (χ2n) is 4.01. The van der Waals surface area contributed by atoms with E-state index in [1.165, 1.54) is 9.75 Å². The predicted octanol–water partition coefficient (Wildman–Crippen LogP) is 3.58. The van der Waals surface area contributed by atoms with E-state index in [1.54, 1.807) is 6.07 Å². The molecule has 17 heavy (non-hydrogen) atoms. The highest BCUT2D eigenvalue weighted by Gasteiger charge is 1.99. The van der Waals surface area contributed by atoms with Crippen LogP contribution in [0, 0.1) is 6.92 Å². The Hall–Kier alpha value is -1.03. The summed E-state index contributed by atoms with van der Waals surface area (Å²) in [6.45, 7) is 3.78. The standard InChI is InChI=1S/C13H15ClN2S/c1-9-2-3-13(17-9)8-16-7-10-4-11(14)6-12(15)5-10/h2-6,16H,7-8,15H2,1H3. The molecule has 0 saturated heterocycles. The molecule has 0 unspecified atom stereocenters. The van der Waals surface area contributed by atoms with Crippen molar-refractivity contribution in [2.45, 2.75) is 20.0 Å². The first-order valence-electron chi connectivity index (χ1n) is 5.44. The van der Waals surface area contributed by atoms with E-state index in [1.807, 2.05) is 23.5 Å². The molecule has 0 bridgehead atoms. The van der Waals surface area contributed by atoms with Crippen LogP contribution in [-0.4, -0.2) is 0 Å². The highest BCUT2D eigenvalue weighted by molar-refractivity contribution is 7.11. The highest BCUT2D eigenvalue weighted by Crippen LogP contribution is 2.17. The van der Waals surface area contributed by atoms with Gasteiger partial charge in [0.15, 0.2) is 0 Å². The zero-order valence-corrected chi connectivity index (χ0v) is 11.2. The van der Waals surface area contributed by atoms with Crippen LogP contribution in [0.25, 0.3) is 0 Å². The number of benzene rings is 1. The maximum absolute atomic E-state index is 5.94. The van der Waals surface area contributed by atoms with Gasteiger partial charge in [-0.3, -0.25) is 0 Å². The van der Waals surface area contributed by atoms with Crippen molar-refractivity contribution in [2.75, 3.05) is 5.73 Å². The lowest BCUT2D eigenvalue weighted by molar-refractivity contribution is 0.701. The first kappa shape index (κ1) is 12.4. The molecular formula is C13H15ClN2S. The maximum atomic E-state index is 5.94. The van der Waals surface area contributed by atoms with Crippen LogP contribution in [0.2, 0.25) is 5.02 Å². The van der Waals surface area contributed by atoms with Crippen LogP contribution in [0.5, 0.6) is 0 Å². The lowest BCUT2D eigenvalue weighted by Crippen LogP contribution is -2.11. The number of rotatable bonds is 4. The summed E-state index contributed by atoms with van der Waals surface area (Å²) in [4.78, 5) is 2.69. The Bertz CT molecular complexity index is 488. The van der Waals surface area contributed by atoms with Gasteiger partial charge in [-0.25, -0.2) is 0 Å². The zero-order valence-electron chi connectivity index (χ0n) is 9.66. The van der Waals surface area contributed by atoms with Gasteiger partial charge in [0.1, 0.15) is 0 Å². The molecule has 1 aromatic heterocycles. The molecule has 0 amide bonds. The van der Waals surface area contributed by atoms with Crippen LogP contribution in [-0.2, 0) is 13.1 Å². The number of hydrogen-bond acceptors (Lipinski definition) is 3. The molecule has 90 valence electrons. The molecule has 0 radical (unpaired) electrons. The van der Waals surface area contributed by atoms with E-state index >= 15 is 0 Å². The SMILES string of the molecule is Cc1ccc(CNCc2cc(N)cc(Cl)c2)s1. The number of aryl methyl sites for hydroxylation is 1. The number of halogens is 1. The number of nitrogen functional groups attached to an aromatic ring is 1. The van der Waals surface area contributed by atoms with Crippen molar-refractivity contribution in [3.8, 4) is 0 Å². The van der Waals surface area contributed by atoms with Crippen LogP contribution in [0.15, 0.2) is 30.3 Å². The van der Waals surface area contributed by atoms with Crippen molar-refractivity contribution >= 4 is 28.6 Å². The summed E-state index contributed by atoms with van der Waals surface area (Å²) in [5.41, 5.74) is 7.56. The Balaban J connectivity index is 1.89. The monoisotopic (exact) mass is 266 g/mol. The number of thiophene rings is 1.